The molecule has 0 saturated carbocycles. The van der Waals surface area contributed by atoms with Crippen molar-refractivity contribution in [2.45, 2.75) is 44.2 Å². The Morgan fingerprint density at radius 2 is 1.69 bits per heavy atom. The lowest BCUT2D eigenvalue weighted by Crippen LogP contribution is -2.39. The number of thioether (sulfide) groups is 1. The van der Waals surface area contributed by atoms with E-state index in [2.05, 4.69) is 16.0 Å². The molecule has 270 valence electrons. The number of amides is 4. The molecule has 14 heteroatoms. The topological polar surface area (TPSA) is 143 Å². The number of carbonyl (C=O) groups is 5. The van der Waals surface area contributed by atoms with E-state index in [0.29, 0.717) is 34.1 Å². The summed E-state index contributed by atoms with van der Waals surface area (Å²) in [4.78, 5) is 68.0. The van der Waals surface area contributed by atoms with E-state index in [0.717, 1.165) is 10.4 Å². The van der Waals surface area contributed by atoms with Crippen LogP contribution in [0.5, 0.6) is 0 Å². The molecule has 0 aliphatic carbocycles. The molecule has 4 amide bonds. The normalized spacial score (nSPS) is 12.7. The standard InChI is InChI=1S/C38H37FN4O7S2/c1-38(2,3)50-37(48)43-18-17-27-30(21-43)52-35(32(27)36(47)49-4)42-31(44)22-51-26-15-10-14-25(20-26)40-34(46)29(19-24-13-8-9-16-28(24)39)41-33(45)23-11-6-5-7-12-23/h5-16,19-20H,17-18,21-22H2,1-4H3,(H,40,46)(H,41,45)(H,42,44)/b29-19-. The second kappa shape index (κ2) is 16.7. The van der Waals surface area contributed by atoms with Gasteiger partial charge in [0.15, 0.2) is 0 Å². The molecule has 3 aromatic carbocycles. The molecule has 1 aliphatic rings. The smallest absolute Gasteiger partial charge is 0.410 e. The Morgan fingerprint density at radius 3 is 2.40 bits per heavy atom. The van der Waals surface area contributed by atoms with Crippen molar-refractivity contribution in [3.63, 3.8) is 0 Å². The summed E-state index contributed by atoms with van der Waals surface area (Å²) in [6, 6.07) is 20.9. The Balaban J connectivity index is 1.26. The molecule has 0 radical (unpaired) electrons. The molecule has 0 saturated heterocycles. The van der Waals surface area contributed by atoms with Gasteiger partial charge in [-0.1, -0.05) is 42.5 Å². The summed E-state index contributed by atoms with van der Waals surface area (Å²) < 4.78 is 25.0. The maximum absolute atomic E-state index is 14.5. The minimum Gasteiger partial charge on any atom is -0.465 e. The van der Waals surface area contributed by atoms with Crippen LogP contribution in [0.25, 0.3) is 6.08 Å². The van der Waals surface area contributed by atoms with E-state index >= 15 is 0 Å². The van der Waals surface area contributed by atoms with Crippen molar-refractivity contribution >= 4 is 69.6 Å². The van der Waals surface area contributed by atoms with Crippen molar-refractivity contribution in [3.8, 4) is 0 Å². The maximum Gasteiger partial charge on any atom is 0.410 e. The highest BCUT2D eigenvalue weighted by molar-refractivity contribution is 8.00. The van der Waals surface area contributed by atoms with Gasteiger partial charge < -0.3 is 30.3 Å². The van der Waals surface area contributed by atoms with Crippen LogP contribution in [0, 0.1) is 5.82 Å². The molecule has 0 bridgehead atoms. The molecule has 4 aromatic rings. The van der Waals surface area contributed by atoms with Crippen molar-refractivity contribution in [2.24, 2.45) is 0 Å². The zero-order valence-corrected chi connectivity index (χ0v) is 30.5. The zero-order valence-electron chi connectivity index (χ0n) is 28.9. The molecule has 0 spiro atoms. The number of anilines is 2. The average Bonchev–Trinajstić information content (AvgIpc) is 3.47. The molecule has 2 heterocycles. The molecule has 5 rings (SSSR count). The minimum atomic E-state index is -0.685. The van der Waals surface area contributed by atoms with Gasteiger partial charge >= 0.3 is 12.1 Å². The number of hydrogen-bond acceptors (Lipinski definition) is 9. The predicted molar refractivity (Wildman–Crippen MR) is 199 cm³/mol. The Morgan fingerprint density at radius 1 is 0.962 bits per heavy atom. The Labute approximate surface area is 308 Å². The number of nitrogens with one attached hydrogen (secondary N) is 3. The lowest BCUT2D eigenvalue weighted by Gasteiger charge is -2.30. The third-order valence-corrected chi connectivity index (χ3v) is 9.67. The first kappa shape index (κ1) is 37.8. The van der Waals surface area contributed by atoms with Gasteiger partial charge in [0.2, 0.25) is 5.91 Å². The summed E-state index contributed by atoms with van der Waals surface area (Å²) >= 11 is 2.41. The van der Waals surface area contributed by atoms with Crippen molar-refractivity contribution in [1.29, 1.82) is 0 Å². The van der Waals surface area contributed by atoms with Crippen molar-refractivity contribution in [2.75, 3.05) is 30.0 Å². The number of benzene rings is 3. The molecular weight excluding hydrogens is 708 g/mol. The van der Waals surface area contributed by atoms with Gasteiger partial charge in [0.05, 0.1) is 25.0 Å². The highest BCUT2D eigenvalue weighted by Crippen LogP contribution is 2.38. The van der Waals surface area contributed by atoms with Crippen LogP contribution in [0.4, 0.5) is 19.9 Å². The first-order valence-electron chi connectivity index (χ1n) is 16.2. The number of carbonyl (C=O) groups excluding carboxylic acids is 5. The van der Waals surface area contributed by atoms with Crippen LogP contribution in [0.2, 0.25) is 0 Å². The number of methoxy groups -OCH3 is 1. The van der Waals surface area contributed by atoms with Crippen LogP contribution in [0.1, 0.15) is 57.5 Å². The molecule has 0 atom stereocenters. The number of ether oxygens (including phenoxy) is 2. The SMILES string of the molecule is COC(=O)c1c(NC(=O)CSc2cccc(NC(=O)/C(=C/c3ccccc3F)NC(=O)c3ccccc3)c2)sc2c1CCN(C(=O)OC(C)(C)C)C2. The number of esters is 1. The molecular formula is C38H37FN4O7S2. The van der Waals surface area contributed by atoms with Gasteiger partial charge in [-0.3, -0.25) is 14.4 Å². The predicted octanol–water partition coefficient (Wildman–Crippen LogP) is 7.11. The molecule has 0 unspecified atom stereocenters. The third-order valence-electron chi connectivity index (χ3n) is 7.55. The molecule has 1 aliphatic heterocycles. The summed E-state index contributed by atoms with van der Waals surface area (Å²) in [6.45, 7) is 5.94. The van der Waals surface area contributed by atoms with Gasteiger partial charge in [-0.15, -0.1) is 23.1 Å². The van der Waals surface area contributed by atoms with Crippen molar-refractivity contribution < 1.29 is 37.8 Å². The van der Waals surface area contributed by atoms with Gasteiger partial charge in [-0.05, 0) is 75.2 Å². The summed E-state index contributed by atoms with van der Waals surface area (Å²) in [5.74, 6) is -2.80. The molecule has 3 N–H and O–H groups in total. The molecule has 11 nitrogen and oxygen atoms in total. The van der Waals surface area contributed by atoms with E-state index in [4.69, 9.17) is 9.47 Å². The Hall–Kier alpha value is -5.47. The van der Waals surface area contributed by atoms with E-state index in [1.54, 1.807) is 86.3 Å². The van der Waals surface area contributed by atoms with Gasteiger partial charge in [0.1, 0.15) is 22.1 Å². The number of nitrogens with zero attached hydrogens (tertiary/aromatic N) is 1. The van der Waals surface area contributed by atoms with E-state index in [-0.39, 0.29) is 35.0 Å². The van der Waals surface area contributed by atoms with Crippen LogP contribution >= 0.6 is 23.1 Å². The minimum absolute atomic E-state index is 0.0316. The summed E-state index contributed by atoms with van der Waals surface area (Å²) in [5, 5.41) is 8.49. The number of rotatable bonds is 10. The van der Waals surface area contributed by atoms with E-state index in [1.807, 2.05) is 0 Å². The summed E-state index contributed by atoms with van der Waals surface area (Å²) in [6.07, 6.45) is 1.20. The number of thiophene rings is 1. The van der Waals surface area contributed by atoms with Crippen LogP contribution in [0.3, 0.4) is 0 Å². The first-order chi connectivity index (χ1) is 24.8. The Kier molecular flexibility index (Phi) is 12.1. The number of fused-ring (bicyclic) bond motifs is 1. The fourth-order valence-electron chi connectivity index (χ4n) is 5.16. The van der Waals surface area contributed by atoms with Crippen LogP contribution in [-0.2, 0) is 32.0 Å². The van der Waals surface area contributed by atoms with Gasteiger partial charge in [-0.2, -0.15) is 0 Å². The second-order valence-corrected chi connectivity index (χ2v) is 14.7. The van der Waals surface area contributed by atoms with E-state index in [9.17, 15) is 28.4 Å². The van der Waals surface area contributed by atoms with Crippen LogP contribution in [0.15, 0.2) is 89.5 Å². The van der Waals surface area contributed by atoms with E-state index in [1.165, 1.54) is 54.5 Å². The zero-order chi connectivity index (χ0) is 37.4. The second-order valence-electron chi connectivity index (χ2n) is 12.6. The average molecular weight is 745 g/mol. The largest absolute Gasteiger partial charge is 0.465 e. The molecule has 52 heavy (non-hydrogen) atoms. The highest BCUT2D eigenvalue weighted by atomic mass is 32.2. The van der Waals surface area contributed by atoms with Gasteiger partial charge in [0.25, 0.3) is 11.8 Å². The van der Waals surface area contributed by atoms with E-state index < -0.39 is 35.3 Å². The monoisotopic (exact) mass is 744 g/mol. The Bertz CT molecular complexity index is 2020. The molecule has 0 fully saturated rings. The first-order valence-corrected chi connectivity index (χ1v) is 18.0. The maximum atomic E-state index is 14.5. The number of halogens is 1. The van der Waals surface area contributed by atoms with Crippen molar-refractivity contribution in [1.82, 2.24) is 10.2 Å². The van der Waals surface area contributed by atoms with Crippen LogP contribution < -0.4 is 16.0 Å². The highest BCUT2D eigenvalue weighted by Gasteiger charge is 2.32. The summed E-state index contributed by atoms with van der Waals surface area (Å²) in [5.41, 5.74) is 0.964. The van der Waals surface area contributed by atoms with Gasteiger partial charge in [0, 0.05) is 33.1 Å². The fraction of sp³-hybridized carbons (Fsp3) is 0.237. The van der Waals surface area contributed by atoms with Gasteiger partial charge in [-0.25, -0.2) is 14.0 Å². The summed E-state index contributed by atoms with van der Waals surface area (Å²) in [7, 11) is 1.27. The van der Waals surface area contributed by atoms with Crippen molar-refractivity contribution in [3.05, 3.63) is 118 Å². The molecule has 1 aromatic heterocycles. The lowest BCUT2D eigenvalue weighted by molar-refractivity contribution is -0.114. The third kappa shape index (κ3) is 9.86. The van der Waals surface area contributed by atoms with Crippen LogP contribution in [-0.4, -0.2) is 59.7 Å². The lowest BCUT2D eigenvalue weighted by atomic mass is 10.0. The fourth-order valence-corrected chi connectivity index (χ4v) is 7.18. The quantitative estimate of drug-likeness (QED) is 0.0887. The number of hydrogen-bond donors (Lipinski definition) is 3.